The number of fused-ring (bicyclic) bond motifs is 1. The van der Waals surface area contributed by atoms with Crippen LogP contribution in [0, 0.1) is 5.82 Å². The van der Waals surface area contributed by atoms with Crippen molar-refractivity contribution < 1.29 is 17.6 Å². The van der Waals surface area contributed by atoms with E-state index in [-0.39, 0.29) is 16.5 Å². The van der Waals surface area contributed by atoms with Crippen LogP contribution in [0.15, 0.2) is 24.4 Å². The summed E-state index contributed by atoms with van der Waals surface area (Å²) in [6.07, 6.45) is 2.35. The van der Waals surface area contributed by atoms with E-state index in [1.807, 2.05) is 4.72 Å². The fraction of sp³-hybridized carbons (Fsp3) is 0.100. The third kappa shape index (κ3) is 2.28. The van der Waals surface area contributed by atoms with Gasteiger partial charge in [-0.25, -0.2) is 17.5 Å². The van der Waals surface area contributed by atoms with E-state index >= 15 is 0 Å². The topological polar surface area (TPSA) is 79.0 Å². The third-order valence-corrected chi connectivity index (χ3v) is 2.75. The largest absolute Gasteiger partial charge is 0.360 e. The molecule has 0 aliphatic rings. The van der Waals surface area contributed by atoms with Crippen molar-refractivity contribution >= 4 is 26.8 Å². The molecule has 1 aromatic carbocycles. The standard InChI is InChI=1S/C10H9FN2O3S/c1-17(15,16)13-10(14)7-2-3-8(11)6-4-5-12-9(6)7/h2-5,12H,1H3,(H,13,14). The maximum Gasteiger partial charge on any atom is 0.266 e. The second kappa shape index (κ2) is 3.85. The van der Waals surface area contributed by atoms with Crippen LogP contribution < -0.4 is 4.72 Å². The van der Waals surface area contributed by atoms with E-state index in [2.05, 4.69) is 4.98 Å². The van der Waals surface area contributed by atoms with E-state index in [1.165, 1.54) is 18.3 Å². The van der Waals surface area contributed by atoms with Crippen molar-refractivity contribution in [2.24, 2.45) is 0 Å². The fourth-order valence-electron chi connectivity index (χ4n) is 1.53. The van der Waals surface area contributed by atoms with Gasteiger partial charge >= 0.3 is 0 Å². The van der Waals surface area contributed by atoms with Crippen molar-refractivity contribution in [3.63, 3.8) is 0 Å². The normalized spacial score (nSPS) is 11.6. The molecular weight excluding hydrogens is 247 g/mol. The lowest BCUT2D eigenvalue weighted by atomic mass is 10.1. The van der Waals surface area contributed by atoms with Gasteiger partial charge in [-0.1, -0.05) is 0 Å². The number of amides is 1. The SMILES string of the molecule is CS(=O)(=O)NC(=O)c1ccc(F)c2cc[nH]c12. The van der Waals surface area contributed by atoms with Gasteiger partial charge in [-0.3, -0.25) is 4.79 Å². The molecule has 0 atom stereocenters. The van der Waals surface area contributed by atoms with Crippen LogP contribution in [-0.4, -0.2) is 25.6 Å². The summed E-state index contributed by atoms with van der Waals surface area (Å²) in [6, 6.07) is 3.82. The van der Waals surface area contributed by atoms with Crippen LogP contribution >= 0.6 is 0 Å². The first kappa shape index (κ1) is 11.6. The first-order valence-corrected chi connectivity index (χ1v) is 6.55. The minimum Gasteiger partial charge on any atom is -0.360 e. The molecule has 2 rings (SSSR count). The number of benzene rings is 1. The molecule has 1 heterocycles. The zero-order chi connectivity index (χ0) is 12.6. The van der Waals surface area contributed by atoms with Crippen LogP contribution in [0.4, 0.5) is 4.39 Å². The maximum absolute atomic E-state index is 13.3. The lowest BCUT2D eigenvalue weighted by Gasteiger charge is -2.04. The lowest BCUT2D eigenvalue weighted by molar-refractivity contribution is 0.0983. The van der Waals surface area contributed by atoms with E-state index in [0.29, 0.717) is 0 Å². The van der Waals surface area contributed by atoms with Crippen LogP contribution in [0.5, 0.6) is 0 Å². The average Bonchev–Trinajstić information content (AvgIpc) is 2.64. The molecule has 17 heavy (non-hydrogen) atoms. The number of hydrogen-bond donors (Lipinski definition) is 2. The number of nitrogens with one attached hydrogen (secondary N) is 2. The number of carbonyl (C=O) groups excluding carboxylic acids is 1. The molecule has 1 amide bonds. The zero-order valence-corrected chi connectivity index (χ0v) is 9.64. The zero-order valence-electron chi connectivity index (χ0n) is 8.82. The number of carbonyl (C=O) groups is 1. The molecule has 1 aromatic heterocycles. The van der Waals surface area contributed by atoms with Crippen LogP contribution in [0.25, 0.3) is 10.9 Å². The predicted octanol–water partition coefficient (Wildman–Crippen LogP) is 0.996. The minimum atomic E-state index is -3.64. The first-order valence-electron chi connectivity index (χ1n) is 4.66. The van der Waals surface area contributed by atoms with Gasteiger partial charge in [0, 0.05) is 11.6 Å². The van der Waals surface area contributed by atoms with Gasteiger partial charge in [0.25, 0.3) is 5.91 Å². The molecular formula is C10H9FN2O3S. The highest BCUT2D eigenvalue weighted by molar-refractivity contribution is 7.89. The number of aromatic amines is 1. The number of aromatic nitrogens is 1. The highest BCUT2D eigenvalue weighted by Gasteiger charge is 2.16. The summed E-state index contributed by atoms with van der Waals surface area (Å²) in [7, 11) is -3.64. The Morgan fingerprint density at radius 3 is 2.71 bits per heavy atom. The van der Waals surface area contributed by atoms with Crippen molar-refractivity contribution in [2.45, 2.75) is 0 Å². The summed E-state index contributed by atoms with van der Waals surface area (Å²) < 4.78 is 37.0. The Morgan fingerprint density at radius 2 is 2.06 bits per heavy atom. The van der Waals surface area contributed by atoms with Gasteiger partial charge < -0.3 is 4.98 Å². The van der Waals surface area contributed by atoms with E-state index in [1.54, 1.807) is 0 Å². The Kier molecular flexibility index (Phi) is 2.62. The Hall–Kier alpha value is -1.89. The van der Waals surface area contributed by atoms with Gasteiger partial charge in [-0.05, 0) is 18.2 Å². The highest BCUT2D eigenvalue weighted by Crippen LogP contribution is 2.20. The monoisotopic (exact) mass is 256 g/mol. The van der Waals surface area contributed by atoms with Crippen LogP contribution in [-0.2, 0) is 10.0 Å². The second-order valence-corrected chi connectivity index (χ2v) is 5.31. The van der Waals surface area contributed by atoms with E-state index < -0.39 is 21.7 Å². The third-order valence-electron chi connectivity index (χ3n) is 2.19. The molecule has 0 bridgehead atoms. The van der Waals surface area contributed by atoms with Gasteiger partial charge in [-0.2, -0.15) is 0 Å². The van der Waals surface area contributed by atoms with Gasteiger partial charge in [0.2, 0.25) is 10.0 Å². The predicted molar refractivity (Wildman–Crippen MR) is 60.6 cm³/mol. The van der Waals surface area contributed by atoms with Crippen molar-refractivity contribution in [1.82, 2.24) is 9.71 Å². The minimum absolute atomic E-state index is 0.0804. The molecule has 0 spiro atoms. The molecule has 2 aromatic rings. The van der Waals surface area contributed by atoms with Gasteiger partial charge in [-0.15, -0.1) is 0 Å². The van der Waals surface area contributed by atoms with Crippen molar-refractivity contribution in [2.75, 3.05) is 6.26 Å². The Bertz CT molecular complexity index is 691. The molecule has 5 nitrogen and oxygen atoms in total. The molecule has 0 saturated heterocycles. The maximum atomic E-state index is 13.3. The molecule has 0 unspecified atom stereocenters. The van der Waals surface area contributed by atoms with E-state index in [9.17, 15) is 17.6 Å². The second-order valence-electron chi connectivity index (χ2n) is 3.56. The van der Waals surface area contributed by atoms with Gasteiger partial charge in [0.05, 0.1) is 17.3 Å². The van der Waals surface area contributed by atoms with Crippen LogP contribution in [0.2, 0.25) is 0 Å². The lowest BCUT2D eigenvalue weighted by Crippen LogP contribution is -2.29. The first-order chi connectivity index (χ1) is 7.88. The molecule has 0 aliphatic carbocycles. The number of H-pyrrole nitrogens is 1. The molecule has 2 N–H and O–H groups in total. The Balaban J connectivity index is 2.53. The average molecular weight is 256 g/mol. The number of rotatable bonds is 2. The summed E-state index contributed by atoms with van der Waals surface area (Å²) in [5, 5.41) is 0.242. The fourth-order valence-corrected chi connectivity index (χ4v) is 1.98. The summed E-state index contributed by atoms with van der Waals surface area (Å²) in [5.41, 5.74) is 0.350. The van der Waals surface area contributed by atoms with Crippen LogP contribution in [0.1, 0.15) is 10.4 Å². The van der Waals surface area contributed by atoms with Crippen molar-refractivity contribution in [3.05, 3.63) is 35.8 Å². The summed E-state index contributed by atoms with van der Waals surface area (Å²) in [4.78, 5) is 14.4. The molecule has 0 radical (unpaired) electrons. The number of sulfonamides is 1. The molecule has 0 aliphatic heterocycles. The molecule has 0 saturated carbocycles. The smallest absolute Gasteiger partial charge is 0.266 e. The van der Waals surface area contributed by atoms with Gasteiger partial charge in [0.1, 0.15) is 5.82 Å². The van der Waals surface area contributed by atoms with Crippen molar-refractivity contribution in [1.29, 1.82) is 0 Å². The van der Waals surface area contributed by atoms with E-state index in [4.69, 9.17) is 0 Å². The number of hydrogen-bond acceptors (Lipinski definition) is 3. The Labute approximate surface area is 96.7 Å². The van der Waals surface area contributed by atoms with E-state index in [0.717, 1.165) is 12.3 Å². The van der Waals surface area contributed by atoms with Crippen LogP contribution in [0.3, 0.4) is 0 Å². The molecule has 90 valence electrons. The molecule has 7 heteroatoms. The van der Waals surface area contributed by atoms with Gasteiger partial charge in [0.15, 0.2) is 0 Å². The summed E-state index contributed by atoms with van der Waals surface area (Å²) in [6.45, 7) is 0. The quantitative estimate of drug-likeness (QED) is 0.841. The molecule has 0 fully saturated rings. The van der Waals surface area contributed by atoms with Crippen molar-refractivity contribution in [3.8, 4) is 0 Å². The Morgan fingerprint density at radius 1 is 1.35 bits per heavy atom. The highest BCUT2D eigenvalue weighted by atomic mass is 32.2. The summed E-state index contributed by atoms with van der Waals surface area (Å²) in [5.74, 6) is -1.27. The number of halogens is 1. The summed E-state index contributed by atoms with van der Waals surface area (Å²) >= 11 is 0.